The van der Waals surface area contributed by atoms with Gasteiger partial charge >= 0.3 is 5.97 Å². The van der Waals surface area contributed by atoms with Crippen molar-refractivity contribution < 1.29 is 19.2 Å². The summed E-state index contributed by atoms with van der Waals surface area (Å²) in [5, 5.41) is 10.6. The van der Waals surface area contributed by atoms with Crippen molar-refractivity contribution in [2.45, 2.75) is 0 Å². The predicted molar refractivity (Wildman–Crippen MR) is 78.7 cm³/mol. The molecule has 0 aliphatic carbocycles. The molecule has 2 rings (SSSR count). The smallest absolute Gasteiger partial charge is 0.355 e. The number of Topliss-reactive ketones (excluding diaryl/α,β-unsaturated/α-hetero) is 1. The Morgan fingerprint density at radius 1 is 1.48 bits per heavy atom. The van der Waals surface area contributed by atoms with E-state index >= 15 is 0 Å². The number of halogens is 1. The summed E-state index contributed by atoms with van der Waals surface area (Å²) >= 11 is 4.47. The van der Waals surface area contributed by atoms with Crippen molar-refractivity contribution >= 4 is 44.7 Å². The molecule has 2 heterocycles. The molecule has 0 atom stereocenters. The van der Waals surface area contributed by atoms with Gasteiger partial charge in [-0.05, 0) is 28.1 Å². The first-order valence-electron chi connectivity index (χ1n) is 5.65. The molecule has 0 saturated heterocycles. The van der Waals surface area contributed by atoms with Crippen LogP contribution in [0.1, 0.15) is 20.2 Å². The molecule has 0 aromatic carbocycles. The number of hydrogen-bond acceptors (Lipinski definition) is 6. The minimum Gasteiger partial charge on any atom is -0.453 e. The summed E-state index contributed by atoms with van der Waals surface area (Å²) in [4.78, 5) is 34.1. The van der Waals surface area contributed by atoms with Gasteiger partial charge in [0.2, 0.25) is 5.78 Å². The Bertz CT molecular complexity index is 721. The van der Waals surface area contributed by atoms with Crippen molar-refractivity contribution in [2.75, 3.05) is 6.61 Å². The van der Waals surface area contributed by atoms with E-state index in [1.165, 1.54) is 29.1 Å². The third-order valence-electron chi connectivity index (χ3n) is 2.59. The zero-order valence-corrected chi connectivity index (χ0v) is 13.1. The van der Waals surface area contributed by atoms with Gasteiger partial charge in [0.25, 0.3) is 5.69 Å². The van der Waals surface area contributed by atoms with E-state index < -0.39 is 17.5 Å². The first-order valence-corrected chi connectivity index (χ1v) is 7.26. The van der Waals surface area contributed by atoms with Gasteiger partial charge in [-0.15, -0.1) is 11.3 Å². The molecule has 0 aliphatic heterocycles. The number of esters is 1. The second kappa shape index (κ2) is 6.19. The first-order chi connectivity index (χ1) is 9.88. The Morgan fingerprint density at radius 2 is 2.19 bits per heavy atom. The van der Waals surface area contributed by atoms with E-state index in [1.54, 1.807) is 12.1 Å². The number of aromatic nitrogens is 1. The Kier molecular flexibility index (Phi) is 4.53. The third kappa shape index (κ3) is 3.56. The Balaban J connectivity index is 2.02. The monoisotopic (exact) mass is 372 g/mol. The summed E-state index contributed by atoms with van der Waals surface area (Å²) in [5.41, 5.74) is -0.195. The lowest BCUT2D eigenvalue weighted by atomic mass is 10.3. The van der Waals surface area contributed by atoms with Crippen LogP contribution >= 0.6 is 27.3 Å². The van der Waals surface area contributed by atoms with E-state index in [-0.39, 0.29) is 17.2 Å². The molecule has 7 nitrogen and oxygen atoms in total. The number of thiophene rings is 1. The van der Waals surface area contributed by atoms with Gasteiger partial charge in [-0.1, -0.05) is 0 Å². The molecule has 2 aromatic rings. The quantitative estimate of drug-likeness (QED) is 0.348. The summed E-state index contributed by atoms with van der Waals surface area (Å²) in [5.74, 6) is -1.11. The van der Waals surface area contributed by atoms with E-state index in [0.717, 1.165) is 9.85 Å². The topological polar surface area (TPSA) is 91.4 Å². The van der Waals surface area contributed by atoms with Crippen LogP contribution in [0.4, 0.5) is 5.69 Å². The van der Waals surface area contributed by atoms with Crippen molar-refractivity contribution in [2.24, 2.45) is 7.05 Å². The van der Waals surface area contributed by atoms with Gasteiger partial charge in [0, 0.05) is 13.1 Å². The minimum absolute atomic E-state index is 0.0156. The van der Waals surface area contributed by atoms with Crippen LogP contribution in [0.2, 0.25) is 0 Å². The third-order valence-corrected chi connectivity index (χ3v) is 4.26. The minimum atomic E-state index is -0.783. The first kappa shape index (κ1) is 15.4. The van der Waals surface area contributed by atoms with Crippen LogP contribution in [0.3, 0.4) is 0 Å². The predicted octanol–water partition coefficient (Wildman–Crippen LogP) is 2.80. The van der Waals surface area contributed by atoms with Crippen LogP contribution in [0.5, 0.6) is 0 Å². The lowest BCUT2D eigenvalue weighted by molar-refractivity contribution is -0.384. The summed E-state index contributed by atoms with van der Waals surface area (Å²) in [6, 6.07) is 4.45. The fraction of sp³-hybridized carbons (Fsp3) is 0.167. The number of hydrogen-bond donors (Lipinski definition) is 0. The largest absolute Gasteiger partial charge is 0.453 e. The Labute approximate surface area is 131 Å². The van der Waals surface area contributed by atoms with Crippen LogP contribution in [0, 0.1) is 10.1 Å². The van der Waals surface area contributed by atoms with Gasteiger partial charge in [-0.25, -0.2) is 4.79 Å². The van der Waals surface area contributed by atoms with Gasteiger partial charge < -0.3 is 9.30 Å². The highest BCUT2D eigenvalue weighted by atomic mass is 79.9. The van der Waals surface area contributed by atoms with E-state index in [0.29, 0.717) is 4.88 Å². The van der Waals surface area contributed by atoms with Crippen molar-refractivity contribution in [1.82, 2.24) is 4.57 Å². The number of ether oxygens (including phenoxy) is 1. The van der Waals surface area contributed by atoms with Crippen molar-refractivity contribution in [3.05, 3.63) is 48.9 Å². The SMILES string of the molecule is Cn1cc([N+](=O)[O-])cc1C(=O)OCC(=O)c1ccc(Br)s1. The van der Waals surface area contributed by atoms with E-state index in [1.807, 2.05) is 0 Å². The van der Waals surface area contributed by atoms with Crippen LogP contribution in [-0.2, 0) is 11.8 Å². The van der Waals surface area contributed by atoms with Gasteiger partial charge in [-0.3, -0.25) is 14.9 Å². The van der Waals surface area contributed by atoms with Crippen LogP contribution in [0.25, 0.3) is 0 Å². The second-order valence-electron chi connectivity index (χ2n) is 4.05. The van der Waals surface area contributed by atoms with Crippen LogP contribution < -0.4 is 0 Å². The molecule has 0 fully saturated rings. The average Bonchev–Trinajstić information content (AvgIpc) is 3.02. The fourth-order valence-electron chi connectivity index (χ4n) is 1.59. The molecule has 0 amide bonds. The lowest BCUT2D eigenvalue weighted by Gasteiger charge is -2.03. The molecular weight excluding hydrogens is 364 g/mol. The van der Waals surface area contributed by atoms with E-state index in [4.69, 9.17) is 4.74 Å². The number of rotatable bonds is 5. The molecule has 0 unspecified atom stereocenters. The zero-order valence-electron chi connectivity index (χ0n) is 10.7. The molecular formula is C12H9BrN2O5S. The molecule has 0 aliphatic rings. The molecule has 0 radical (unpaired) electrons. The van der Waals surface area contributed by atoms with Crippen molar-refractivity contribution in [3.63, 3.8) is 0 Å². The summed E-state index contributed by atoms with van der Waals surface area (Å²) in [7, 11) is 1.49. The van der Waals surface area contributed by atoms with E-state index in [9.17, 15) is 19.7 Å². The average molecular weight is 373 g/mol. The number of nitro groups is 1. The van der Waals surface area contributed by atoms with Gasteiger partial charge in [0.1, 0.15) is 5.69 Å². The summed E-state index contributed by atoms with van der Waals surface area (Å²) in [6.07, 6.45) is 1.20. The van der Waals surface area contributed by atoms with Crippen LogP contribution in [-0.4, -0.2) is 27.8 Å². The van der Waals surface area contributed by atoms with Crippen molar-refractivity contribution in [1.29, 1.82) is 0 Å². The highest BCUT2D eigenvalue weighted by Gasteiger charge is 2.20. The number of carbonyl (C=O) groups is 2. The highest BCUT2D eigenvalue weighted by molar-refractivity contribution is 9.11. The normalized spacial score (nSPS) is 10.4. The maximum absolute atomic E-state index is 11.8. The molecule has 110 valence electrons. The van der Waals surface area contributed by atoms with E-state index in [2.05, 4.69) is 15.9 Å². The Morgan fingerprint density at radius 3 is 2.71 bits per heavy atom. The maximum Gasteiger partial charge on any atom is 0.355 e. The Hall–Kier alpha value is -2.00. The molecule has 0 saturated carbocycles. The molecule has 2 aromatic heterocycles. The lowest BCUT2D eigenvalue weighted by Crippen LogP contribution is -2.15. The number of aryl methyl sites for hydroxylation is 1. The zero-order chi connectivity index (χ0) is 15.6. The van der Waals surface area contributed by atoms with Crippen molar-refractivity contribution in [3.8, 4) is 0 Å². The number of nitrogens with zero attached hydrogens (tertiary/aromatic N) is 2. The number of carbonyl (C=O) groups excluding carboxylic acids is 2. The highest BCUT2D eigenvalue weighted by Crippen LogP contribution is 2.22. The standard InChI is InChI=1S/C12H9BrN2O5S/c1-14-5-7(15(18)19)4-8(14)12(17)20-6-9(16)10-2-3-11(13)21-10/h2-5H,6H2,1H3. The molecule has 9 heteroatoms. The summed E-state index contributed by atoms with van der Waals surface area (Å²) < 4.78 is 6.97. The molecule has 21 heavy (non-hydrogen) atoms. The van der Waals surface area contributed by atoms with Gasteiger partial charge in [-0.2, -0.15) is 0 Å². The van der Waals surface area contributed by atoms with Crippen LogP contribution in [0.15, 0.2) is 28.2 Å². The van der Waals surface area contributed by atoms with Gasteiger partial charge in [0.05, 0.1) is 19.8 Å². The van der Waals surface area contributed by atoms with Gasteiger partial charge in [0.15, 0.2) is 6.61 Å². The second-order valence-corrected chi connectivity index (χ2v) is 6.52. The fourth-order valence-corrected chi connectivity index (χ4v) is 2.90. The maximum atomic E-state index is 11.8. The molecule has 0 N–H and O–H groups in total. The molecule has 0 spiro atoms. The number of ketones is 1. The summed E-state index contributed by atoms with van der Waals surface area (Å²) in [6.45, 7) is -0.412. The molecule has 0 bridgehead atoms.